The summed E-state index contributed by atoms with van der Waals surface area (Å²) in [7, 11) is 1.54. The van der Waals surface area contributed by atoms with Crippen LogP contribution in [-0.2, 0) is 13.2 Å². The number of hydrogen-bond donors (Lipinski definition) is 1. The summed E-state index contributed by atoms with van der Waals surface area (Å²) in [6.45, 7) is 1.44. The Hall–Kier alpha value is -2.77. The van der Waals surface area contributed by atoms with Crippen LogP contribution in [0.5, 0.6) is 0 Å². The number of carbonyl (C=O) groups is 1. The van der Waals surface area contributed by atoms with Crippen LogP contribution in [-0.4, -0.2) is 23.6 Å². The first-order valence-electron chi connectivity index (χ1n) is 8.20. The molecule has 1 aromatic heterocycles. The highest BCUT2D eigenvalue weighted by Crippen LogP contribution is 2.36. The number of nitrogens with one attached hydrogen (secondary N) is 1. The highest BCUT2D eigenvalue weighted by atomic mass is 19.4. The molecule has 0 bridgehead atoms. The molecule has 2 aromatic rings. The van der Waals surface area contributed by atoms with Gasteiger partial charge in [0.2, 0.25) is 0 Å². The third-order valence-electron chi connectivity index (χ3n) is 4.39. The Balaban J connectivity index is 1.96. The van der Waals surface area contributed by atoms with Gasteiger partial charge >= 0.3 is 6.18 Å². The SMILES string of the molecule is Cn1ccc(C(=O)Nc2cc(C(F)(F)F)ccc2N2CCCC2)cc1=O. The van der Waals surface area contributed by atoms with Crippen molar-refractivity contribution >= 4 is 17.3 Å². The molecule has 0 unspecified atom stereocenters. The van der Waals surface area contributed by atoms with Crippen LogP contribution in [0.4, 0.5) is 24.5 Å². The minimum Gasteiger partial charge on any atom is -0.370 e. The molecule has 1 fully saturated rings. The predicted octanol–water partition coefficient (Wildman–Crippen LogP) is 3.26. The van der Waals surface area contributed by atoms with Gasteiger partial charge < -0.3 is 14.8 Å². The van der Waals surface area contributed by atoms with Crippen LogP contribution in [0.15, 0.2) is 41.3 Å². The van der Waals surface area contributed by atoms with Gasteiger partial charge in [-0.25, -0.2) is 0 Å². The highest BCUT2D eigenvalue weighted by molar-refractivity contribution is 6.06. The smallest absolute Gasteiger partial charge is 0.370 e. The number of halogens is 3. The van der Waals surface area contributed by atoms with Crippen molar-refractivity contribution in [3.8, 4) is 0 Å². The lowest BCUT2D eigenvalue weighted by molar-refractivity contribution is -0.137. The largest absolute Gasteiger partial charge is 0.416 e. The number of pyridine rings is 1. The van der Waals surface area contributed by atoms with E-state index in [0.29, 0.717) is 5.69 Å². The van der Waals surface area contributed by atoms with E-state index in [4.69, 9.17) is 0 Å². The molecule has 0 spiro atoms. The van der Waals surface area contributed by atoms with Crippen LogP contribution in [0, 0.1) is 0 Å². The first-order chi connectivity index (χ1) is 12.3. The summed E-state index contributed by atoms with van der Waals surface area (Å²) in [4.78, 5) is 26.1. The first-order valence-corrected chi connectivity index (χ1v) is 8.20. The average Bonchev–Trinajstić information content (AvgIpc) is 3.10. The molecule has 2 heterocycles. The van der Waals surface area contributed by atoms with Gasteiger partial charge in [-0.3, -0.25) is 9.59 Å². The molecule has 0 radical (unpaired) electrons. The number of hydrogen-bond acceptors (Lipinski definition) is 3. The molecule has 1 aliphatic rings. The van der Waals surface area contributed by atoms with E-state index in [2.05, 4.69) is 5.32 Å². The summed E-state index contributed by atoms with van der Waals surface area (Å²) >= 11 is 0. The van der Waals surface area contributed by atoms with Gasteiger partial charge in [-0.15, -0.1) is 0 Å². The Labute approximate surface area is 148 Å². The Morgan fingerprint density at radius 1 is 1.12 bits per heavy atom. The second kappa shape index (κ2) is 6.86. The molecule has 1 aliphatic heterocycles. The third-order valence-corrected chi connectivity index (χ3v) is 4.39. The molecule has 0 atom stereocenters. The second-order valence-electron chi connectivity index (χ2n) is 6.24. The summed E-state index contributed by atoms with van der Waals surface area (Å²) in [6.07, 6.45) is -1.18. The first kappa shape index (κ1) is 18.0. The van der Waals surface area contributed by atoms with Gasteiger partial charge in [0.05, 0.1) is 16.9 Å². The van der Waals surface area contributed by atoms with E-state index in [0.717, 1.165) is 44.1 Å². The zero-order chi connectivity index (χ0) is 18.9. The lowest BCUT2D eigenvalue weighted by atomic mass is 10.1. The van der Waals surface area contributed by atoms with Gasteiger partial charge in [0.25, 0.3) is 11.5 Å². The van der Waals surface area contributed by atoms with Crippen molar-refractivity contribution in [2.24, 2.45) is 7.05 Å². The van der Waals surface area contributed by atoms with E-state index < -0.39 is 17.6 Å². The molecule has 1 amide bonds. The Morgan fingerprint density at radius 2 is 1.81 bits per heavy atom. The zero-order valence-corrected chi connectivity index (χ0v) is 14.1. The van der Waals surface area contributed by atoms with E-state index in [9.17, 15) is 22.8 Å². The van der Waals surface area contributed by atoms with E-state index in [1.807, 2.05) is 4.90 Å². The number of nitrogens with zero attached hydrogens (tertiary/aromatic N) is 2. The summed E-state index contributed by atoms with van der Waals surface area (Å²) in [6, 6.07) is 5.93. The molecule has 0 aliphatic carbocycles. The molecule has 0 saturated carbocycles. The lowest BCUT2D eigenvalue weighted by Crippen LogP contribution is -2.23. The van der Waals surface area contributed by atoms with Crippen molar-refractivity contribution in [1.82, 2.24) is 4.57 Å². The highest BCUT2D eigenvalue weighted by Gasteiger charge is 2.32. The maximum Gasteiger partial charge on any atom is 0.416 e. The fraction of sp³-hybridized carbons (Fsp3) is 0.333. The van der Waals surface area contributed by atoms with Gasteiger partial charge in [0.15, 0.2) is 0 Å². The van der Waals surface area contributed by atoms with Crippen molar-refractivity contribution in [1.29, 1.82) is 0 Å². The van der Waals surface area contributed by atoms with Gasteiger partial charge in [-0.1, -0.05) is 0 Å². The van der Waals surface area contributed by atoms with Crippen LogP contribution in [0.25, 0.3) is 0 Å². The normalized spacial score (nSPS) is 14.5. The van der Waals surface area contributed by atoms with E-state index in [-0.39, 0.29) is 16.8 Å². The van der Waals surface area contributed by atoms with E-state index in [1.165, 1.54) is 22.9 Å². The monoisotopic (exact) mass is 365 g/mol. The van der Waals surface area contributed by atoms with Crippen molar-refractivity contribution in [2.75, 3.05) is 23.3 Å². The van der Waals surface area contributed by atoms with Crippen molar-refractivity contribution in [3.05, 3.63) is 58.0 Å². The van der Waals surface area contributed by atoms with Crippen LogP contribution >= 0.6 is 0 Å². The Morgan fingerprint density at radius 3 is 2.42 bits per heavy atom. The van der Waals surface area contributed by atoms with Gasteiger partial charge in [-0.2, -0.15) is 13.2 Å². The summed E-state index contributed by atoms with van der Waals surface area (Å²) < 4.78 is 40.5. The molecular weight excluding hydrogens is 347 g/mol. The second-order valence-corrected chi connectivity index (χ2v) is 6.24. The molecule has 8 heteroatoms. The number of amides is 1. The van der Waals surface area contributed by atoms with Crippen LogP contribution in [0.3, 0.4) is 0 Å². The molecule has 1 aromatic carbocycles. The summed E-state index contributed by atoms with van der Waals surface area (Å²) in [5.41, 5.74) is -0.473. The number of benzene rings is 1. The topological polar surface area (TPSA) is 54.3 Å². The minimum atomic E-state index is -4.51. The van der Waals surface area contributed by atoms with Crippen molar-refractivity contribution < 1.29 is 18.0 Å². The summed E-state index contributed by atoms with van der Waals surface area (Å²) in [5, 5.41) is 2.53. The van der Waals surface area contributed by atoms with E-state index in [1.54, 1.807) is 7.05 Å². The van der Waals surface area contributed by atoms with Crippen LogP contribution in [0.1, 0.15) is 28.8 Å². The number of aromatic nitrogens is 1. The average molecular weight is 365 g/mol. The van der Waals surface area contributed by atoms with Crippen molar-refractivity contribution in [3.63, 3.8) is 0 Å². The standard InChI is InChI=1S/C18H18F3N3O2/c1-23-9-6-12(10-16(23)25)17(26)22-14-11-13(18(19,20)21)4-5-15(14)24-7-2-3-8-24/h4-6,9-11H,2-3,7-8H2,1H3,(H,22,26). The predicted molar refractivity (Wildman–Crippen MR) is 92.5 cm³/mol. The Kier molecular flexibility index (Phi) is 4.76. The summed E-state index contributed by atoms with van der Waals surface area (Å²) in [5.74, 6) is -0.623. The molecule has 1 saturated heterocycles. The fourth-order valence-electron chi connectivity index (χ4n) is 2.93. The van der Waals surface area contributed by atoms with Gasteiger partial charge in [0, 0.05) is 38.0 Å². The van der Waals surface area contributed by atoms with Crippen LogP contribution < -0.4 is 15.8 Å². The van der Waals surface area contributed by atoms with Gasteiger partial charge in [0.1, 0.15) is 0 Å². The maximum absolute atomic E-state index is 13.1. The molecular formula is C18H18F3N3O2. The maximum atomic E-state index is 13.1. The molecule has 138 valence electrons. The van der Waals surface area contributed by atoms with Crippen molar-refractivity contribution in [2.45, 2.75) is 19.0 Å². The molecule has 5 nitrogen and oxygen atoms in total. The number of anilines is 2. The molecule has 26 heavy (non-hydrogen) atoms. The molecule has 1 N–H and O–H groups in total. The number of carbonyl (C=O) groups excluding carboxylic acids is 1. The Bertz CT molecular complexity index is 884. The van der Waals surface area contributed by atoms with Crippen LogP contribution in [0.2, 0.25) is 0 Å². The minimum absolute atomic E-state index is 0.0902. The zero-order valence-electron chi connectivity index (χ0n) is 14.1. The quantitative estimate of drug-likeness (QED) is 0.908. The van der Waals surface area contributed by atoms with Gasteiger partial charge in [-0.05, 0) is 37.1 Å². The molecule has 3 rings (SSSR count). The number of aryl methyl sites for hydroxylation is 1. The number of rotatable bonds is 3. The number of alkyl halides is 3. The fourth-order valence-corrected chi connectivity index (χ4v) is 2.93. The van der Waals surface area contributed by atoms with E-state index >= 15 is 0 Å². The lowest BCUT2D eigenvalue weighted by Gasteiger charge is -2.23. The third kappa shape index (κ3) is 3.74.